The summed E-state index contributed by atoms with van der Waals surface area (Å²) in [6.07, 6.45) is 1.78. The van der Waals surface area contributed by atoms with Crippen molar-refractivity contribution < 1.29 is 4.74 Å². The van der Waals surface area contributed by atoms with Crippen LogP contribution in [-0.4, -0.2) is 29.6 Å². The molecule has 0 unspecified atom stereocenters. The molecule has 0 aromatic carbocycles. The van der Waals surface area contributed by atoms with Crippen LogP contribution in [0.5, 0.6) is 5.88 Å². The molecule has 0 spiro atoms. The molecule has 0 aliphatic heterocycles. The van der Waals surface area contributed by atoms with E-state index in [-0.39, 0.29) is 0 Å². The van der Waals surface area contributed by atoms with E-state index in [0.29, 0.717) is 19.0 Å². The van der Waals surface area contributed by atoms with E-state index in [1.54, 1.807) is 13.3 Å². The SMILES string of the molecule is CCNC(=NCc1cccc(OC)n1)NCc1ccccn1. The Morgan fingerprint density at radius 1 is 1.14 bits per heavy atom. The van der Waals surface area contributed by atoms with E-state index in [2.05, 4.69) is 25.6 Å². The van der Waals surface area contributed by atoms with Crippen molar-refractivity contribution in [1.82, 2.24) is 20.6 Å². The fraction of sp³-hybridized carbons (Fsp3) is 0.312. The van der Waals surface area contributed by atoms with Gasteiger partial charge in [0.05, 0.1) is 31.6 Å². The van der Waals surface area contributed by atoms with E-state index >= 15 is 0 Å². The smallest absolute Gasteiger partial charge is 0.213 e. The monoisotopic (exact) mass is 299 g/mol. The number of methoxy groups -OCH3 is 1. The van der Waals surface area contributed by atoms with Crippen LogP contribution in [0.3, 0.4) is 0 Å². The molecule has 116 valence electrons. The van der Waals surface area contributed by atoms with Crippen LogP contribution in [0, 0.1) is 0 Å². The third-order valence-electron chi connectivity index (χ3n) is 2.90. The Balaban J connectivity index is 1.97. The summed E-state index contributed by atoms with van der Waals surface area (Å²) in [5.41, 5.74) is 1.82. The fourth-order valence-corrected chi connectivity index (χ4v) is 1.84. The van der Waals surface area contributed by atoms with Gasteiger partial charge in [-0.05, 0) is 25.1 Å². The highest BCUT2D eigenvalue weighted by Crippen LogP contribution is 2.07. The summed E-state index contributed by atoms with van der Waals surface area (Å²) in [6, 6.07) is 11.5. The molecule has 0 aliphatic rings. The zero-order valence-corrected chi connectivity index (χ0v) is 12.9. The molecule has 0 fully saturated rings. The number of rotatable bonds is 6. The summed E-state index contributed by atoms with van der Waals surface area (Å²) in [7, 11) is 1.61. The van der Waals surface area contributed by atoms with Crippen molar-refractivity contribution in [3.8, 4) is 5.88 Å². The summed E-state index contributed by atoms with van der Waals surface area (Å²) in [5.74, 6) is 1.33. The first-order chi connectivity index (χ1) is 10.8. The predicted octanol–water partition coefficient (Wildman–Crippen LogP) is 1.74. The van der Waals surface area contributed by atoms with Crippen molar-refractivity contribution in [3.05, 3.63) is 54.0 Å². The zero-order chi connectivity index (χ0) is 15.6. The van der Waals surface area contributed by atoms with Gasteiger partial charge in [-0.3, -0.25) is 4.98 Å². The number of pyridine rings is 2. The molecule has 2 aromatic heterocycles. The Labute approximate surface area is 130 Å². The molecular formula is C16H21N5O. The topological polar surface area (TPSA) is 71.4 Å². The molecule has 0 atom stereocenters. The summed E-state index contributed by atoms with van der Waals surface area (Å²) < 4.78 is 5.12. The van der Waals surface area contributed by atoms with Crippen molar-refractivity contribution in [3.63, 3.8) is 0 Å². The number of aromatic nitrogens is 2. The Hall–Kier alpha value is -2.63. The fourth-order valence-electron chi connectivity index (χ4n) is 1.84. The molecule has 22 heavy (non-hydrogen) atoms. The van der Waals surface area contributed by atoms with E-state index in [1.807, 2.05) is 43.3 Å². The average molecular weight is 299 g/mol. The highest BCUT2D eigenvalue weighted by atomic mass is 16.5. The zero-order valence-electron chi connectivity index (χ0n) is 12.9. The summed E-state index contributed by atoms with van der Waals surface area (Å²) in [5, 5.41) is 6.46. The van der Waals surface area contributed by atoms with Gasteiger partial charge < -0.3 is 15.4 Å². The largest absolute Gasteiger partial charge is 0.481 e. The van der Waals surface area contributed by atoms with Crippen LogP contribution in [0.15, 0.2) is 47.6 Å². The van der Waals surface area contributed by atoms with Gasteiger partial charge in [0.25, 0.3) is 0 Å². The standard InChI is InChI=1S/C16H21N5O/c1-3-17-16(19-11-13-7-4-5-10-18-13)20-12-14-8-6-9-15(21-14)22-2/h4-10H,3,11-12H2,1-2H3,(H2,17,19,20). The molecule has 0 radical (unpaired) electrons. The molecule has 0 saturated heterocycles. The van der Waals surface area contributed by atoms with Crippen LogP contribution >= 0.6 is 0 Å². The molecule has 0 amide bonds. The maximum absolute atomic E-state index is 5.12. The molecule has 0 saturated carbocycles. The minimum Gasteiger partial charge on any atom is -0.481 e. The first-order valence-corrected chi connectivity index (χ1v) is 7.24. The Morgan fingerprint density at radius 2 is 2.00 bits per heavy atom. The lowest BCUT2D eigenvalue weighted by Gasteiger charge is -2.11. The minimum atomic E-state index is 0.481. The van der Waals surface area contributed by atoms with Crippen LogP contribution in [0.25, 0.3) is 0 Å². The van der Waals surface area contributed by atoms with Gasteiger partial charge in [0.1, 0.15) is 0 Å². The number of hydrogen-bond donors (Lipinski definition) is 2. The van der Waals surface area contributed by atoms with Crippen LogP contribution in [-0.2, 0) is 13.1 Å². The highest BCUT2D eigenvalue weighted by molar-refractivity contribution is 5.79. The van der Waals surface area contributed by atoms with Crippen molar-refractivity contribution >= 4 is 5.96 Å². The number of nitrogens with one attached hydrogen (secondary N) is 2. The number of guanidine groups is 1. The van der Waals surface area contributed by atoms with E-state index in [1.165, 1.54) is 0 Å². The maximum Gasteiger partial charge on any atom is 0.213 e. The lowest BCUT2D eigenvalue weighted by molar-refractivity contribution is 0.396. The van der Waals surface area contributed by atoms with E-state index < -0.39 is 0 Å². The lowest BCUT2D eigenvalue weighted by Crippen LogP contribution is -2.37. The summed E-state index contributed by atoms with van der Waals surface area (Å²) in [4.78, 5) is 13.1. The average Bonchev–Trinajstić information content (AvgIpc) is 2.58. The third-order valence-corrected chi connectivity index (χ3v) is 2.90. The molecular weight excluding hydrogens is 278 g/mol. The molecule has 2 N–H and O–H groups in total. The number of aliphatic imine (C=N–C) groups is 1. The second-order valence-electron chi connectivity index (χ2n) is 4.54. The number of hydrogen-bond acceptors (Lipinski definition) is 4. The number of ether oxygens (including phenoxy) is 1. The van der Waals surface area contributed by atoms with Gasteiger partial charge in [-0.2, -0.15) is 0 Å². The van der Waals surface area contributed by atoms with E-state index in [0.717, 1.165) is 23.9 Å². The van der Waals surface area contributed by atoms with Crippen LogP contribution in [0.4, 0.5) is 0 Å². The predicted molar refractivity (Wildman–Crippen MR) is 86.7 cm³/mol. The lowest BCUT2D eigenvalue weighted by atomic mass is 10.3. The molecule has 6 heteroatoms. The number of nitrogens with zero attached hydrogens (tertiary/aromatic N) is 3. The van der Waals surface area contributed by atoms with Gasteiger partial charge in [0, 0.05) is 18.8 Å². The van der Waals surface area contributed by atoms with Gasteiger partial charge >= 0.3 is 0 Å². The van der Waals surface area contributed by atoms with E-state index in [9.17, 15) is 0 Å². The molecule has 0 bridgehead atoms. The van der Waals surface area contributed by atoms with E-state index in [4.69, 9.17) is 4.74 Å². The van der Waals surface area contributed by atoms with Gasteiger partial charge in [-0.15, -0.1) is 0 Å². The Morgan fingerprint density at radius 3 is 2.73 bits per heavy atom. The molecule has 2 heterocycles. The molecule has 0 aliphatic carbocycles. The quantitative estimate of drug-likeness (QED) is 0.628. The summed E-state index contributed by atoms with van der Waals surface area (Å²) >= 11 is 0. The van der Waals surface area contributed by atoms with Gasteiger partial charge in [0.2, 0.25) is 5.88 Å². The maximum atomic E-state index is 5.12. The van der Waals surface area contributed by atoms with Gasteiger partial charge in [-0.25, -0.2) is 9.98 Å². The second kappa shape index (κ2) is 8.61. The minimum absolute atomic E-state index is 0.481. The van der Waals surface area contributed by atoms with Crippen LogP contribution in [0.1, 0.15) is 18.3 Å². The molecule has 2 rings (SSSR count). The first kappa shape index (κ1) is 15.8. The molecule has 2 aromatic rings. The summed E-state index contributed by atoms with van der Waals surface area (Å²) in [6.45, 7) is 3.92. The van der Waals surface area contributed by atoms with Gasteiger partial charge in [-0.1, -0.05) is 12.1 Å². The van der Waals surface area contributed by atoms with Crippen molar-refractivity contribution in [2.45, 2.75) is 20.0 Å². The highest BCUT2D eigenvalue weighted by Gasteiger charge is 2.00. The van der Waals surface area contributed by atoms with Crippen molar-refractivity contribution in [2.24, 2.45) is 4.99 Å². The second-order valence-corrected chi connectivity index (χ2v) is 4.54. The van der Waals surface area contributed by atoms with Gasteiger partial charge in [0.15, 0.2) is 5.96 Å². The van der Waals surface area contributed by atoms with Crippen molar-refractivity contribution in [2.75, 3.05) is 13.7 Å². The third kappa shape index (κ3) is 5.05. The van der Waals surface area contributed by atoms with Crippen LogP contribution in [0.2, 0.25) is 0 Å². The van der Waals surface area contributed by atoms with Crippen LogP contribution < -0.4 is 15.4 Å². The Kier molecular flexibility index (Phi) is 6.17. The first-order valence-electron chi connectivity index (χ1n) is 7.24. The normalized spacial score (nSPS) is 11.1. The molecule has 6 nitrogen and oxygen atoms in total. The van der Waals surface area contributed by atoms with Crippen molar-refractivity contribution in [1.29, 1.82) is 0 Å². The Bertz CT molecular complexity index is 600.